The van der Waals surface area contributed by atoms with Crippen LogP contribution in [0.3, 0.4) is 0 Å². The number of allylic oxidation sites excluding steroid dienone is 3. The fraction of sp³-hybridized carbons (Fsp3) is 0.143. The molecule has 0 aromatic carbocycles. The van der Waals surface area contributed by atoms with Gasteiger partial charge in [0.2, 0.25) is 0 Å². The topological polar surface area (TPSA) is 0 Å². The smallest absolute Gasteiger partial charge is 0.0115 e. The summed E-state index contributed by atoms with van der Waals surface area (Å²) in [6.07, 6.45) is 4.92. The fourth-order valence-corrected chi connectivity index (χ4v) is 0.180. The standard InChI is InChI=1S/C7H7/c1-3-5-7-6-4-2/h1,3-4,6H,2H3/b3-1?,6-4+. The van der Waals surface area contributed by atoms with E-state index >= 15 is 0 Å². The zero-order valence-electron chi connectivity index (χ0n) is 4.31. The zero-order valence-corrected chi connectivity index (χ0v) is 4.31. The van der Waals surface area contributed by atoms with Gasteiger partial charge in [0, 0.05) is 0 Å². The van der Waals surface area contributed by atoms with Crippen LogP contribution in [-0.4, -0.2) is 0 Å². The highest BCUT2D eigenvalue weighted by molar-refractivity contribution is 5.20. The van der Waals surface area contributed by atoms with E-state index in [1.54, 1.807) is 6.08 Å². The molecule has 0 aromatic heterocycles. The van der Waals surface area contributed by atoms with Gasteiger partial charge in [-0.3, -0.25) is 0 Å². The summed E-state index contributed by atoms with van der Waals surface area (Å²) < 4.78 is 0. The Bertz CT molecular complexity index is 119. The summed E-state index contributed by atoms with van der Waals surface area (Å²) in [5.74, 6) is 5.24. The Morgan fingerprint density at radius 1 is 1.43 bits per heavy atom. The van der Waals surface area contributed by atoms with E-state index in [-0.39, 0.29) is 0 Å². The van der Waals surface area contributed by atoms with E-state index in [0.717, 1.165) is 0 Å². The van der Waals surface area contributed by atoms with Crippen LogP contribution in [0.1, 0.15) is 6.92 Å². The molecule has 7 heavy (non-hydrogen) atoms. The van der Waals surface area contributed by atoms with Gasteiger partial charge in [-0.1, -0.05) is 24.5 Å². The lowest BCUT2D eigenvalue weighted by molar-refractivity contribution is 1.76. The Hall–Kier alpha value is -0.960. The monoisotopic (exact) mass is 91.1 g/mol. The molecule has 0 saturated carbocycles. The van der Waals surface area contributed by atoms with Crippen molar-refractivity contribution in [3.05, 3.63) is 24.8 Å². The molecule has 0 fully saturated rings. The lowest BCUT2D eigenvalue weighted by atomic mass is 10.5. The van der Waals surface area contributed by atoms with E-state index in [1.165, 1.54) is 6.08 Å². The molecule has 0 aliphatic heterocycles. The normalized spacial score (nSPS) is 7.57. The second kappa shape index (κ2) is 5.04. The van der Waals surface area contributed by atoms with Crippen LogP contribution in [0, 0.1) is 18.4 Å². The summed E-state index contributed by atoms with van der Waals surface area (Å²) in [4.78, 5) is 0. The molecule has 0 unspecified atom stereocenters. The van der Waals surface area contributed by atoms with Crippen molar-refractivity contribution in [3.63, 3.8) is 0 Å². The lowest BCUT2D eigenvalue weighted by Crippen LogP contribution is -1.44. The Morgan fingerprint density at radius 3 is 2.57 bits per heavy atom. The van der Waals surface area contributed by atoms with Gasteiger partial charge in [-0.05, 0) is 19.1 Å². The second-order valence-electron chi connectivity index (χ2n) is 0.955. The highest BCUT2D eigenvalue weighted by Crippen LogP contribution is 1.63. The Kier molecular flexibility index (Phi) is 4.35. The molecule has 0 heterocycles. The molecule has 0 N–H and O–H groups in total. The summed E-state index contributed by atoms with van der Waals surface area (Å²) in [5, 5.41) is 0. The van der Waals surface area contributed by atoms with Gasteiger partial charge >= 0.3 is 0 Å². The van der Waals surface area contributed by atoms with Crippen molar-refractivity contribution in [1.29, 1.82) is 0 Å². The molecule has 1 radical (unpaired) electrons. The average molecular weight is 91.1 g/mol. The van der Waals surface area contributed by atoms with Crippen molar-refractivity contribution < 1.29 is 0 Å². The molecule has 0 bridgehead atoms. The summed E-state index contributed by atoms with van der Waals surface area (Å²) in [7, 11) is 0. The van der Waals surface area contributed by atoms with Gasteiger partial charge in [-0.2, -0.15) is 0 Å². The summed E-state index contributed by atoms with van der Waals surface area (Å²) in [6.45, 7) is 6.84. The van der Waals surface area contributed by atoms with Crippen LogP contribution in [0.2, 0.25) is 0 Å². The van der Waals surface area contributed by atoms with Crippen LogP contribution in [0.5, 0.6) is 0 Å². The fourth-order valence-electron chi connectivity index (χ4n) is 0.180. The molecule has 0 nitrogen and oxygen atoms in total. The van der Waals surface area contributed by atoms with Crippen LogP contribution in [0.4, 0.5) is 0 Å². The third kappa shape index (κ3) is 5.04. The number of hydrogen-bond acceptors (Lipinski definition) is 0. The van der Waals surface area contributed by atoms with Crippen LogP contribution in [0.15, 0.2) is 18.2 Å². The minimum Gasteiger partial charge on any atom is -0.0793 e. The first kappa shape index (κ1) is 6.04. The Labute approximate surface area is 44.5 Å². The first-order valence-electron chi connectivity index (χ1n) is 2.07. The van der Waals surface area contributed by atoms with Crippen molar-refractivity contribution in [3.8, 4) is 11.8 Å². The van der Waals surface area contributed by atoms with Gasteiger partial charge in [0.05, 0.1) is 0 Å². The minimum atomic E-state index is 1.32. The zero-order chi connectivity index (χ0) is 5.54. The van der Waals surface area contributed by atoms with Crippen molar-refractivity contribution in [2.24, 2.45) is 0 Å². The first-order chi connectivity index (χ1) is 3.41. The van der Waals surface area contributed by atoms with Gasteiger partial charge < -0.3 is 0 Å². The molecule has 0 aliphatic carbocycles. The minimum absolute atomic E-state index is 1.32. The molecule has 35 valence electrons. The van der Waals surface area contributed by atoms with Crippen LogP contribution in [-0.2, 0) is 0 Å². The van der Waals surface area contributed by atoms with E-state index in [2.05, 4.69) is 11.8 Å². The number of hydrogen-bond donors (Lipinski definition) is 0. The first-order valence-corrected chi connectivity index (χ1v) is 2.07. The van der Waals surface area contributed by atoms with E-state index in [9.17, 15) is 0 Å². The van der Waals surface area contributed by atoms with Crippen LogP contribution >= 0.6 is 0 Å². The van der Waals surface area contributed by atoms with Crippen LogP contribution < -0.4 is 0 Å². The molecule has 0 atom stereocenters. The molecule has 0 rings (SSSR count). The molecule has 0 aromatic rings. The highest BCUT2D eigenvalue weighted by Gasteiger charge is 1.48. The van der Waals surface area contributed by atoms with Crippen molar-refractivity contribution >= 4 is 0 Å². The van der Waals surface area contributed by atoms with Gasteiger partial charge in [0.15, 0.2) is 0 Å². The summed E-state index contributed by atoms with van der Waals surface area (Å²) in [6, 6.07) is 0. The van der Waals surface area contributed by atoms with Gasteiger partial charge in [0.1, 0.15) is 0 Å². The molecular formula is C7H7. The molecule has 0 saturated heterocycles. The molecule has 0 amide bonds. The Morgan fingerprint density at radius 2 is 2.14 bits per heavy atom. The van der Waals surface area contributed by atoms with Crippen molar-refractivity contribution in [2.75, 3.05) is 0 Å². The third-order valence-electron chi connectivity index (χ3n) is 0.417. The van der Waals surface area contributed by atoms with Gasteiger partial charge in [0.25, 0.3) is 0 Å². The second-order valence-corrected chi connectivity index (χ2v) is 0.955. The van der Waals surface area contributed by atoms with E-state index in [1.807, 2.05) is 13.0 Å². The SMILES string of the molecule is [CH]=CC#C/C=C/C. The average Bonchev–Trinajstić information content (AvgIpc) is 1.69. The number of rotatable bonds is 0. The van der Waals surface area contributed by atoms with Gasteiger partial charge in [-0.15, -0.1) is 0 Å². The van der Waals surface area contributed by atoms with E-state index in [0.29, 0.717) is 0 Å². The lowest BCUT2D eigenvalue weighted by Gasteiger charge is -1.58. The third-order valence-corrected chi connectivity index (χ3v) is 0.417. The molecule has 0 spiro atoms. The molecule has 0 aliphatic rings. The maximum atomic E-state index is 4.94. The molecule has 0 heteroatoms. The largest absolute Gasteiger partial charge is 0.0793 e. The maximum Gasteiger partial charge on any atom is -0.0115 e. The van der Waals surface area contributed by atoms with Crippen molar-refractivity contribution in [2.45, 2.75) is 6.92 Å². The predicted molar refractivity (Wildman–Crippen MR) is 31.5 cm³/mol. The maximum absolute atomic E-state index is 4.94. The summed E-state index contributed by atoms with van der Waals surface area (Å²) in [5.41, 5.74) is 0. The predicted octanol–water partition coefficient (Wildman–Crippen LogP) is 1.56. The highest BCUT2D eigenvalue weighted by atomic mass is 13.5. The van der Waals surface area contributed by atoms with Gasteiger partial charge in [-0.25, -0.2) is 0 Å². The van der Waals surface area contributed by atoms with Crippen LogP contribution in [0.25, 0.3) is 0 Å². The van der Waals surface area contributed by atoms with E-state index < -0.39 is 0 Å². The van der Waals surface area contributed by atoms with Crippen molar-refractivity contribution in [1.82, 2.24) is 0 Å². The summed E-state index contributed by atoms with van der Waals surface area (Å²) >= 11 is 0. The quantitative estimate of drug-likeness (QED) is 0.397. The molecular weight excluding hydrogens is 84.1 g/mol. The van der Waals surface area contributed by atoms with E-state index in [4.69, 9.17) is 6.58 Å². The Balaban J connectivity index is 3.45.